The SMILES string of the molecule is CCCO[C@H]1O[C@H](CO)[C@@H](O[C@@H]2O[C@H](CO)[C@@H](O)[C@H](O)[C@H]2NC(C)=O)[C@H](O[C@H](C)C(=O)N[C@@H](C)C(=O)N[C@H](CCC(=O)N[C@@H](CCCCN)C(=O)N[C@H](C)C(=O)NCCCC[C@H](N)C(=O)O)C(N)=O)[C@H]1NC(C)=O. The molecule has 2 saturated heterocycles. The number of hydrogen-bond donors (Lipinski definition) is 15. The number of carboxylic acids is 1. The molecule has 424 valence electrons. The van der Waals surface area contributed by atoms with E-state index in [-0.39, 0.29) is 32.4 Å². The van der Waals surface area contributed by atoms with Gasteiger partial charge >= 0.3 is 5.97 Å². The van der Waals surface area contributed by atoms with Gasteiger partial charge in [0.05, 0.1) is 13.2 Å². The van der Waals surface area contributed by atoms with E-state index >= 15 is 0 Å². The lowest BCUT2D eigenvalue weighted by molar-refractivity contribution is -0.337. The van der Waals surface area contributed by atoms with Crippen molar-refractivity contribution in [1.82, 2.24) is 37.2 Å². The molecule has 2 fully saturated rings. The van der Waals surface area contributed by atoms with Crippen molar-refractivity contribution < 1.29 is 92.4 Å². The van der Waals surface area contributed by atoms with E-state index in [1.165, 1.54) is 27.7 Å². The first kappa shape index (κ1) is 64.9. The van der Waals surface area contributed by atoms with Crippen molar-refractivity contribution in [1.29, 1.82) is 0 Å². The summed E-state index contributed by atoms with van der Waals surface area (Å²) in [5, 5.41) is 68.6. The minimum Gasteiger partial charge on any atom is -0.480 e. The number of aliphatic hydroxyl groups is 4. The van der Waals surface area contributed by atoms with E-state index in [2.05, 4.69) is 37.2 Å². The van der Waals surface area contributed by atoms with Crippen LogP contribution >= 0.6 is 0 Å². The number of primary amides is 1. The largest absolute Gasteiger partial charge is 0.480 e. The van der Waals surface area contributed by atoms with E-state index in [0.717, 1.165) is 6.92 Å². The molecule has 2 rings (SSSR count). The van der Waals surface area contributed by atoms with Crippen molar-refractivity contribution in [2.75, 3.05) is 32.9 Å². The predicted octanol–water partition coefficient (Wildman–Crippen LogP) is -6.19. The van der Waals surface area contributed by atoms with Crippen molar-refractivity contribution in [3.63, 3.8) is 0 Å². The molecule has 0 aliphatic carbocycles. The summed E-state index contributed by atoms with van der Waals surface area (Å²) in [4.78, 5) is 115. The van der Waals surface area contributed by atoms with Gasteiger partial charge in [-0.2, -0.15) is 0 Å². The van der Waals surface area contributed by atoms with Crippen molar-refractivity contribution in [3.8, 4) is 0 Å². The molecule has 2 heterocycles. The van der Waals surface area contributed by atoms with Crippen LogP contribution in [0.25, 0.3) is 0 Å². The molecular formula is C45H80N10O19. The summed E-state index contributed by atoms with van der Waals surface area (Å²) in [5.41, 5.74) is 16.7. The molecule has 2 aliphatic rings. The molecule has 16 atom stereocenters. The summed E-state index contributed by atoms with van der Waals surface area (Å²) >= 11 is 0. The Balaban J connectivity index is 2.20. The van der Waals surface area contributed by atoms with E-state index in [0.29, 0.717) is 38.6 Å². The second-order valence-corrected chi connectivity index (χ2v) is 18.2. The molecule has 0 aromatic rings. The van der Waals surface area contributed by atoms with Gasteiger partial charge in [0.15, 0.2) is 12.6 Å². The van der Waals surface area contributed by atoms with Crippen LogP contribution in [0, 0.1) is 0 Å². The van der Waals surface area contributed by atoms with E-state index < -0.39 is 170 Å². The van der Waals surface area contributed by atoms with Crippen LogP contribution in [0.1, 0.15) is 99.3 Å². The predicted molar refractivity (Wildman–Crippen MR) is 257 cm³/mol. The van der Waals surface area contributed by atoms with Crippen LogP contribution in [0.2, 0.25) is 0 Å². The van der Waals surface area contributed by atoms with Crippen molar-refractivity contribution >= 4 is 53.2 Å². The van der Waals surface area contributed by atoms with Crippen LogP contribution < -0.4 is 54.4 Å². The number of ether oxygens (including phenoxy) is 5. The molecule has 29 nitrogen and oxygen atoms in total. The zero-order chi connectivity index (χ0) is 55.8. The third-order valence-corrected chi connectivity index (χ3v) is 11.9. The standard InChI is InChI=1S/C45H80N10O19/c1-7-18-70-44-33(53-25(6)59)37(36(30(20-57)73-44)74-45-32(52-24(5)58)35(62)34(61)29(19-56)72-45)71-23(4)41(66)50-22(3)40(65)55-27(38(48)63)14-15-31(60)54-28(13-8-10-16-46)42(67)51-21(2)39(64)49-17-11-9-12-26(47)43(68)69/h21-23,26-30,32-37,44-45,56-57,61-62H,7-20,46-47H2,1-6H3,(H2,48,63)(H,49,64)(H,50,66)(H,51,67)(H,52,58)(H,53,59)(H,54,60)(H,55,65)(H,68,69)/t21-,22+,23-,26+,27-,28+,29-,30-,32-,33-,34-,35-,36-,37-,44+,45+/m1/s1. The fraction of sp³-hybridized carbons (Fsp3) is 0.800. The molecule has 8 amide bonds. The fourth-order valence-electron chi connectivity index (χ4n) is 7.82. The van der Waals surface area contributed by atoms with Gasteiger partial charge in [-0.15, -0.1) is 0 Å². The fourth-order valence-corrected chi connectivity index (χ4v) is 7.82. The number of nitrogens with one attached hydrogen (secondary N) is 7. The number of aliphatic hydroxyl groups excluding tert-OH is 4. The lowest BCUT2D eigenvalue weighted by Gasteiger charge is -2.49. The Hall–Kier alpha value is -5.21. The molecular weight excluding hydrogens is 985 g/mol. The molecule has 74 heavy (non-hydrogen) atoms. The number of nitrogens with two attached hydrogens (primary N) is 3. The second kappa shape index (κ2) is 33.0. The summed E-state index contributed by atoms with van der Waals surface area (Å²) in [6.45, 7) is 7.11. The number of carboxylic acid groups (broad SMARTS) is 1. The lowest BCUT2D eigenvalue weighted by Crippen LogP contribution is -2.70. The molecule has 0 aromatic carbocycles. The van der Waals surface area contributed by atoms with Gasteiger partial charge in [-0.25, -0.2) is 0 Å². The smallest absolute Gasteiger partial charge is 0.320 e. The number of hydrogen-bond acceptors (Lipinski definition) is 20. The minimum atomic E-state index is -1.75. The monoisotopic (exact) mass is 1060 g/mol. The van der Waals surface area contributed by atoms with E-state index in [9.17, 15) is 63.6 Å². The van der Waals surface area contributed by atoms with Gasteiger partial charge < -0.3 is 104 Å². The Morgan fingerprint density at radius 1 is 0.676 bits per heavy atom. The first-order valence-electron chi connectivity index (χ1n) is 24.7. The van der Waals surface area contributed by atoms with E-state index in [1.54, 1.807) is 6.92 Å². The summed E-state index contributed by atoms with van der Waals surface area (Å²) in [7, 11) is 0. The zero-order valence-corrected chi connectivity index (χ0v) is 42.8. The summed E-state index contributed by atoms with van der Waals surface area (Å²) in [5.74, 6) is -7.20. The molecule has 0 unspecified atom stereocenters. The Bertz CT molecular complexity index is 1850. The highest BCUT2D eigenvalue weighted by Gasteiger charge is 2.53. The second-order valence-electron chi connectivity index (χ2n) is 18.2. The van der Waals surface area contributed by atoms with Crippen molar-refractivity contribution in [3.05, 3.63) is 0 Å². The molecule has 29 heteroatoms. The van der Waals surface area contributed by atoms with Gasteiger partial charge in [-0.05, 0) is 78.7 Å². The van der Waals surface area contributed by atoms with Crippen LogP contribution in [0.3, 0.4) is 0 Å². The van der Waals surface area contributed by atoms with Gasteiger partial charge in [0, 0.05) is 33.4 Å². The van der Waals surface area contributed by atoms with Gasteiger partial charge in [0.1, 0.15) is 85.0 Å². The summed E-state index contributed by atoms with van der Waals surface area (Å²) in [6.07, 6.45) is -11.8. The summed E-state index contributed by atoms with van der Waals surface area (Å²) in [6, 6.07) is -8.74. The minimum absolute atomic E-state index is 0.0999. The number of rotatable bonds is 33. The average Bonchev–Trinajstić information content (AvgIpc) is 3.34. The molecule has 0 aromatic heterocycles. The van der Waals surface area contributed by atoms with E-state index in [1.807, 2.05) is 0 Å². The van der Waals surface area contributed by atoms with Crippen LogP contribution in [0.15, 0.2) is 0 Å². The average molecular weight is 1070 g/mol. The van der Waals surface area contributed by atoms with Crippen molar-refractivity contribution in [2.45, 2.75) is 197 Å². The topological polar surface area (TPSA) is 463 Å². The summed E-state index contributed by atoms with van der Waals surface area (Å²) < 4.78 is 30.1. The van der Waals surface area contributed by atoms with Crippen LogP contribution in [-0.4, -0.2) is 209 Å². The van der Waals surface area contributed by atoms with Crippen LogP contribution in [0.4, 0.5) is 0 Å². The highest BCUT2D eigenvalue weighted by atomic mass is 16.7. The highest BCUT2D eigenvalue weighted by Crippen LogP contribution is 2.32. The van der Waals surface area contributed by atoms with Crippen LogP contribution in [-0.2, 0) is 66.8 Å². The van der Waals surface area contributed by atoms with E-state index in [4.69, 9.17) is 46.0 Å². The third kappa shape index (κ3) is 21.2. The van der Waals surface area contributed by atoms with Gasteiger partial charge in [-0.1, -0.05) is 6.92 Å². The van der Waals surface area contributed by atoms with Gasteiger partial charge in [-0.3, -0.25) is 43.2 Å². The molecule has 0 spiro atoms. The third-order valence-electron chi connectivity index (χ3n) is 11.9. The molecule has 0 bridgehead atoms. The van der Waals surface area contributed by atoms with Crippen molar-refractivity contribution in [2.24, 2.45) is 17.2 Å². The number of aliphatic carboxylic acids is 1. The Labute approximate surface area is 429 Å². The Morgan fingerprint density at radius 2 is 1.27 bits per heavy atom. The number of carbonyl (C=O) groups is 9. The van der Waals surface area contributed by atoms with Gasteiger partial charge in [0.2, 0.25) is 47.3 Å². The first-order valence-corrected chi connectivity index (χ1v) is 24.7. The normalized spacial score (nSPS) is 26.1. The quantitative estimate of drug-likeness (QED) is 0.0272. The number of carbonyl (C=O) groups excluding carboxylic acids is 8. The maximum absolute atomic E-state index is 13.8. The Kier molecular flexibility index (Phi) is 28.9. The number of amides is 8. The van der Waals surface area contributed by atoms with Gasteiger partial charge in [0.25, 0.3) is 0 Å². The maximum Gasteiger partial charge on any atom is 0.320 e. The zero-order valence-electron chi connectivity index (χ0n) is 42.8. The molecule has 0 radical (unpaired) electrons. The molecule has 0 saturated carbocycles. The molecule has 18 N–H and O–H groups in total. The Morgan fingerprint density at radius 3 is 1.85 bits per heavy atom. The maximum atomic E-state index is 13.8. The highest BCUT2D eigenvalue weighted by molar-refractivity contribution is 5.93. The molecule has 2 aliphatic heterocycles. The van der Waals surface area contributed by atoms with Crippen LogP contribution in [0.5, 0.6) is 0 Å². The number of unbranched alkanes of at least 4 members (excludes halogenated alkanes) is 2. The first-order chi connectivity index (χ1) is 34.9. The lowest BCUT2D eigenvalue weighted by atomic mass is 9.94.